The van der Waals surface area contributed by atoms with Gasteiger partial charge >= 0.3 is 5.97 Å². The minimum Gasteiger partial charge on any atom is -0.481 e. The SMILES string of the molecule is Cc1ccc(CN2CCCC(C(C)CC(=O)O)C2)cc1Cl. The predicted molar refractivity (Wildman–Crippen MR) is 85.6 cm³/mol. The molecule has 1 heterocycles. The Morgan fingerprint density at radius 1 is 1.52 bits per heavy atom. The van der Waals surface area contributed by atoms with Gasteiger partial charge in [-0.1, -0.05) is 30.7 Å². The monoisotopic (exact) mass is 309 g/mol. The number of halogens is 1. The maximum Gasteiger partial charge on any atom is 0.303 e. The van der Waals surface area contributed by atoms with Gasteiger partial charge in [0.25, 0.3) is 0 Å². The fourth-order valence-electron chi connectivity index (χ4n) is 3.13. The lowest BCUT2D eigenvalue weighted by Gasteiger charge is -2.35. The highest BCUT2D eigenvalue weighted by molar-refractivity contribution is 6.31. The molecule has 0 bridgehead atoms. The number of nitrogens with zero attached hydrogens (tertiary/aromatic N) is 1. The fraction of sp³-hybridized carbons (Fsp3) is 0.588. The van der Waals surface area contributed by atoms with Crippen molar-refractivity contribution in [3.05, 3.63) is 34.3 Å². The van der Waals surface area contributed by atoms with Gasteiger partial charge in [-0.2, -0.15) is 0 Å². The first-order chi connectivity index (χ1) is 9.95. The summed E-state index contributed by atoms with van der Waals surface area (Å²) in [7, 11) is 0. The molecule has 0 aliphatic carbocycles. The summed E-state index contributed by atoms with van der Waals surface area (Å²) < 4.78 is 0. The van der Waals surface area contributed by atoms with E-state index in [1.165, 1.54) is 5.56 Å². The molecule has 0 amide bonds. The van der Waals surface area contributed by atoms with Crippen molar-refractivity contribution in [2.24, 2.45) is 11.8 Å². The molecular formula is C17H24ClNO2. The summed E-state index contributed by atoms with van der Waals surface area (Å²) in [6.45, 7) is 7.04. The van der Waals surface area contributed by atoms with E-state index in [2.05, 4.69) is 24.0 Å². The lowest BCUT2D eigenvalue weighted by atomic mass is 9.84. The molecule has 2 unspecified atom stereocenters. The Kier molecular flexibility index (Phi) is 5.65. The van der Waals surface area contributed by atoms with Crippen molar-refractivity contribution in [2.75, 3.05) is 13.1 Å². The van der Waals surface area contributed by atoms with Gasteiger partial charge in [0.05, 0.1) is 0 Å². The van der Waals surface area contributed by atoms with Gasteiger partial charge in [-0.3, -0.25) is 9.69 Å². The maximum absolute atomic E-state index is 10.9. The number of hydrogen-bond donors (Lipinski definition) is 1. The largest absolute Gasteiger partial charge is 0.481 e. The number of likely N-dealkylation sites (tertiary alicyclic amines) is 1. The summed E-state index contributed by atoms with van der Waals surface area (Å²) in [6, 6.07) is 6.23. The number of piperidine rings is 1. The van der Waals surface area contributed by atoms with Crippen LogP contribution >= 0.6 is 11.6 Å². The molecule has 1 N–H and O–H groups in total. The molecular weight excluding hydrogens is 286 g/mol. The minimum absolute atomic E-state index is 0.243. The molecule has 1 fully saturated rings. The molecule has 21 heavy (non-hydrogen) atoms. The van der Waals surface area contributed by atoms with Crippen molar-refractivity contribution in [3.8, 4) is 0 Å². The van der Waals surface area contributed by atoms with E-state index in [1.807, 2.05) is 13.0 Å². The van der Waals surface area contributed by atoms with Gasteiger partial charge in [-0.25, -0.2) is 0 Å². The zero-order valence-corrected chi connectivity index (χ0v) is 13.6. The number of carboxylic acids is 1. The number of aliphatic carboxylic acids is 1. The van der Waals surface area contributed by atoms with Gasteiger partial charge in [0.2, 0.25) is 0 Å². The van der Waals surface area contributed by atoms with E-state index in [9.17, 15) is 4.79 Å². The zero-order chi connectivity index (χ0) is 15.4. The van der Waals surface area contributed by atoms with Crippen molar-refractivity contribution >= 4 is 17.6 Å². The normalized spacial score (nSPS) is 21.2. The van der Waals surface area contributed by atoms with Gasteiger partial charge in [-0.15, -0.1) is 0 Å². The van der Waals surface area contributed by atoms with E-state index in [1.54, 1.807) is 0 Å². The van der Waals surface area contributed by atoms with Crippen LogP contribution < -0.4 is 0 Å². The molecule has 2 rings (SSSR count). The summed E-state index contributed by atoms with van der Waals surface area (Å²) in [5, 5.41) is 9.76. The Hall–Kier alpha value is -1.06. The van der Waals surface area contributed by atoms with E-state index in [0.29, 0.717) is 5.92 Å². The second kappa shape index (κ2) is 7.28. The maximum atomic E-state index is 10.9. The fourth-order valence-corrected chi connectivity index (χ4v) is 3.34. The van der Waals surface area contributed by atoms with Gasteiger partial charge in [0.15, 0.2) is 0 Å². The molecule has 1 aliphatic heterocycles. The third-order valence-corrected chi connectivity index (χ3v) is 4.89. The highest BCUT2D eigenvalue weighted by Gasteiger charge is 2.26. The first-order valence-electron chi connectivity index (χ1n) is 7.65. The molecule has 0 saturated carbocycles. The zero-order valence-electron chi connectivity index (χ0n) is 12.8. The standard InChI is InChI=1S/C17H24ClNO2/c1-12-5-6-14(9-16(12)18)10-19-7-3-4-15(11-19)13(2)8-17(20)21/h5-6,9,13,15H,3-4,7-8,10-11H2,1-2H3,(H,20,21). The highest BCUT2D eigenvalue weighted by atomic mass is 35.5. The molecule has 1 saturated heterocycles. The van der Waals surface area contributed by atoms with Gasteiger partial charge < -0.3 is 5.11 Å². The number of hydrogen-bond acceptors (Lipinski definition) is 2. The number of carbonyl (C=O) groups is 1. The molecule has 0 aromatic heterocycles. The summed E-state index contributed by atoms with van der Waals surface area (Å²) in [5.41, 5.74) is 2.34. The second-order valence-electron chi connectivity index (χ2n) is 6.30. The number of benzene rings is 1. The van der Waals surface area contributed by atoms with Gasteiger partial charge in [0, 0.05) is 24.5 Å². The van der Waals surface area contributed by atoms with E-state index in [0.717, 1.165) is 43.1 Å². The number of carboxylic acid groups (broad SMARTS) is 1. The Morgan fingerprint density at radius 3 is 2.95 bits per heavy atom. The van der Waals surface area contributed by atoms with Crippen molar-refractivity contribution in [1.82, 2.24) is 4.90 Å². The van der Waals surface area contributed by atoms with E-state index in [-0.39, 0.29) is 12.3 Å². The summed E-state index contributed by atoms with van der Waals surface area (Å²) in [4.78, 5) is 13.3. The second-order valence-corrected chi connectivity index (χ2v) is 6.70. The molecule has 116 valence electrons. The van der Waals surface area contributed by atoms with Crippen LogP contribution in [-0.4, -0.2) is 29.1 Å². The quantitative estimate of drug-likeness (QED) is 0.894. The third kappa shape index (κ3) is 4.72. The Morgan fingerprint density at radius 2 is 2.29 bits per heavy atom. The van der Waals surface area contributed by atoms with Gasteiger partial charge in [0.1, 0.15) is 0 Å². The molecule has 3 nitrogen and oxygen atoms in total. The molecule has 1 aromatic rings. The van der Waals surface area contributed by atoms with Crippen LogP contribution in [0.4, 0.5) is 0 Å². The first kappa shape index (κ1) is 16.3. The topological polar surface area (TPSA) is 40.5 Å². The van der Waals surface area contributed by atoms with Crippen LogP contribution in [0.15, 0.2) is 18.2 Å². The highest BCUT2D eigenvalue weighted by Crippen LogP contribution is 2.27. The molecule has 1 aliphatic rings. The summed E-state index contributed by atoms with van der Waals surface area (Å²) >= 11 is 6.18. The van der Waals surface area contributed by atoms with Crippen molar-refractivity contribution < 1.29 is 9.90 Å². The molecule has 0 spiro atoms. The average Bonchev–Trinajstić information content (AvgIpc) is 2.42. The minimum atomic E-state index is -0.690. The van der Waals surface area contributed by atoms with Crippen LogP contribution in [0.3, 0.4) is 0 Å². The van der Waals surface area contributed by atoms with E-state index < -0.39 is 5.97 Å². The molecule has 1 aromatic carbocycles. The Balaban J connectivity index is 1.94. The Bertz CT molecular complexity index is 504. The summed E-state index contributed by atoms with van der Waals surface area (Å²) in [5.74, 6) is 0.0348. The molecule has 2 atom stereocenters. The van der Waals surface area contributed by atoms with Crippen LogP contribution in [0.25, 0.3) is 0 Å². The number of aryl methyl sites for hydroxylation is 1. The van der Waals surface area contributed by atoms with E-state index in [4.69, 9.17) is 16.7 Å². The average molecular weight is 310 g/mol. The Labute approximate surface area is 131 Å². The first-order valence-corrected chi connectivity index (χ1v) is 8.02. The number of rotatable bonds is 5. The van der Waals surface area contributed by atoms with Crippen molar-refractivity contribution in [1.29, 1.82) is 0 Å². The van der Waals surface area contributed by atoms with E-state index >= 15 is 0 Å². The van der Waals surface area contributed by atoms with Crippen LogP contribution in [-0.2, 0) is 11.3 Å². The van der Waals surface area contributed by atoms with Crippen molar-refractivity contribution in [2.45, 2.75) is 39.7 Å². The van der Waals surface area contributed by atoms with Crippen LogP contribution in [0.5, 0.6) is 0 Å². The smallest absolute Gasteiger partial charge is 0.303 e. The predicted octanol–water partition coefficient (Wildman–Crippen LogP) is 3.97. The van der Waals surface area contributed by atoms with Crippen LogP contribution in [0, 0.1) is 18.8 Å². The van der Waals surface area contributed by atoms with Crippen LogP contribution in [0.1, 0.15) is 37.3 Å². The van der Waals surface area contributed by atoms with Crippen LogP contribution in [0.2, 0.25) is 5.02 Å². The molecule has 4 heteroatoms. The van der Waals surface area contributed by atoms with Crippen molar-refractivity contribution in [3.63, 3.8) is 0 Å². The van der Waals surface area contributed by atoms with Gasteiger partial charge in [-0.05, 0) is 55.3 Å². The lowest BCUT2D eigenvalue weighted by Crippen LogP contribution is -2.37. The lowest BCUT2D eigenvalue weighted by molar-refractivity contribution is -0.138. The third-order valence-electron chi connectivity index (χ3n) is 4.49. The summed E-state index contributed by atoms with van der Waals surface area (Å²) in [6.07, 6.45) is 2.56. The molecule has 0 radical (unpaired) electrons.